The zero-order valence-electron chi connectivity index (χ0n) is 8.53. The molecular weight excluding hydrogens is 176 g/mol. The molecule has 0 heterocycles. The van der Waals surface area contributed by atoms with Crippen LogP contribution in [0.25, 0.3) is 0 Å². The molecule has 1 aliphatic carbocycles. The first-order valence-electron chi connectivity index (χ1n) is 5.12. The van der Waals surface area contributed by atoms with E-state index in [-0.39, 0.29) is 0 Å². The fraction of sp³-hybridized carbons (Fsp3) is 0.500. The molecule has 1 aliphatic rings. The van der Waals surface area contributed by atoms with Crippen molar-refractivity contribution in [2.24, 2.45) is 0 Å². The molecule has 14 heavy (non-hydrogen) atoms. The van der Waals surface area contributed by atoms with Gasteiger partial charge >= 0.3 is 0 Å². The van der Waals surface area contributed by atoms with Gasteiger partial charge in [-0.3, -0.25) is 0 Å². The van der Waals surface area contributed by atoms with Crippen molar-refractivity contribution in [1.82, 2.24) is 0 Å². The van der Waals surface area contributed by atoms with Gasteiger partial charge in [0.1, 0.15) is 12.4 Å². The zero-order chi connectivity index (χ0) is 9.80. The SMILES string of the molecule is COCCOc1ccc(C2CC2)cc1. The zero-order valence-corrected chi connectivity index (χ0v) is 8.53. The van der Waals surface area contributed by atoms with E-state index in [0.29, 0.717) is 13.2 Å². The lowest BCUT2D eigenvalue weighted by Gasteiger charge is -2.05. The van der Waals surface area contributed by atoms with Gasteiger partial charge in [-0.2, -0.15) is 0 Å². The van der Waals surface area contributed by atoms with E-state index in [1.807, 2.05) is 12.1 Å². The van der Waals surface area contributed by atoms with Crippen LogP contribution in [0.1, 0.15) is 24.3 Å². The second kappa shape index (κ2) is 4.47. The summed E-state index contributed by atoms with van der Waals surface area (Å²) in [6.07, 6.45) is 2.70. The van der Waals surface area contributed by atoms with Gasteiger partial charge < -0.3 is 9.47 Å². The minimum Gasteiger partial charge on any atom is -0.491 e. The molecule has 1 saturated carbocycles. The first-order valence-corrected chi connectivity index (χ1v) is 5.12. The average Bonchev–Trinajstić information content (AvgIpc) is 3.03. The van der Waals surface area contributed by atoms with Gasteiger partial charge in [-0.25, -0.2) is 0 Å². The number of ether oxygens (including phenoxy) is 2. The summed E-state index contributed by atoms with van der Waals surface area (Å²) in [7, 11) is 1.68. The molecule has 2 heteroatoms. The molecule has 76 valence electrons. The highest BCUT2D eigenvalue weighted by molar-refractivity contribution is 5.31. The standard InChI is InChI=1S/C12H16O2/c1-13-8-9-14-12-6-4-11(5-7-12)10-2-3-10/h4-7,10H,2-3,8-9H2,1H3. The lowest BCUT2D eigenvalue weighted by Crippen LogP contribution is -2.03. The van der Waals surface area contributed by atoms with E-state index < -0.39 is 0 Å². The van der Waals surface area contributed by atoms with Crippen molar-refractivity contribution in [2.75, 3.05) is 20.3 Å². The van der Waals surface area contributed by atoms with Crippen LogP contribution in [0.3, 0.4) is 0 Å². The van der Waals surface area contributed by atoms with E-state index in [1.165, 1.54) is 18.4 Å². The Labute approximate surface area is 84.8 Å². The van der Waals surface area contributed by atoms with Gasteiger partial charge in [0.2, 0.25) is 0 Å². The van der Waals surface area contributed by atoms with Crippen LogP contribution >= 0.6 is 0 Å². The minimum atomic E-state index is 0.624. The lowest BCUT2D eigenvalue weighted by atomic mass is 10.1. The Balaban J connectivity index is 1.86. The Morgan fingerprint density at radius 2 is 1.86 bits per heavy atom. The number of benzene rings is 1. The van der Waals surface area contributed by atoms with Crippen molar-refractivity contribution in [1.29, 1.82) is 0 Å². The third kappa shape index (κ3) is 2.48. The van der Waals surface area contributed by atoms with Gasteiger partial charge in [-0.15, -0.1) is 0 Å². The number of methoxy groups -OCH3 is 1. The Kier molecular flexibility index (Phi) is 3.04. The van der Waals surface area contributed by atoms with Gasteiger partial charge in [-0.05, 0) is 36.5 Å². The monoisotopic (exact) mass is 192 g/mol. The van der Waals surface area contributed by atoms with Crippen LogP contribution in [0.5, 0.6) is 5.75 Å². The molecule has 0 N–H and O–H groups in total. The molecule has 1 fully saturated rings. The predicted octanol–water partition coefficient (Wildman–Crippen LogP) is 2.59. The largest absolute Gasteiger partial charge is 0.491 e. The molecule has 0 spiro atoms. The normalized spacial score (nSPS) is 15.5. The van der Waals surface area contributed by atoms with Crippen molar-refractivity contribution in [3.05, 3.63) is 29.8 Å². The van der Waals surface area contributed by atoms with Crippen LogP contribution in [-0.4, -0.2) is 20.3 Å². The van der Waals surface area contributed by atoms with Crippen molar-refractivity contribution in [3.8, 4) is 5.75 Å². The van der Waals surface area contributed by atoms with Crippen molar-refractivity contribution in [3.63, 3.8) is 0 Å². The van der Waals surface area contributed by atoms with Crippen LogP contribution < -0.4 is 4.74 Å². The summed E-state index contributed by atoms with van der Waals surface area (Å²) in [5.41, 5.74) is 1.45. The molecule has 2 rings (SSSR count). The Bertz CT molecular complexity index is 275. The predicted molar refractivity (Wildman–Crippen MR) is 55.8 cm³/mol. The highest BCUT2D eigenvalue weighted by atomic mass is 16.5. The molecule has 1 aromatic rings. The first-order chi connectivity index (χ1) is 6.90. The van der Waals surface area contributed by atoms with Gasteiger partial charge in [0.15, 0.2) is 0 Å². The molecule has 0 aromatic heterocycles. The van der Waals surface area contributed by atoms with Crippen molar-refractivity contribution in [2.45, 2.75) is 18.8 Å². The maximum atomic E-state index is 5.48. The summed E-state index contributed by atoms with van der Waals surface area (Å²) >= 11 is 0. The van der Waals surface area contributed by atoms with E-state index in [0.717, 1.165) is 11.7 Å². The van der Waals surface area contributed by atoms with Gasteiger partial charge in [0.25, 0.3) is 0 Å². The molecule has 0 atom stereocenters. The smallest absolute Gasteiger partial charge is 0.119 e. The molecule has 0 saturated heterocycles. The number of rotatable bonds is 5. The summed E-state index contributed by atoms with van der Waals surface area (Å²) in [6.45, 7) is 1.27. The molecule has 1 aromatic carbocycles. The number of hydrogen-bond acceptors (Lipinski definition) is 2. The quantitative estimate of drug-likeness (QED) is 0.667. The van der Waals surface area contributed by atoms with Crippen LogP contribution in [0, 0.1) is 0 Å². The van der Waals surface area contributed by atoms with Crippen molar-refractivity contribution < 1.29 is 9.47 Å². The van der Waals surface area contributed by atoms with Gasteiger partial charge in [-0.1, -0.05) is 12.1 Å². The molecule has 2 nitrogen and oxygen atoms in total. The summed E-state index contributed by atoms with van der Waals surface area (Å²) in [5.74, 6) is 1.76. The van der Waals surface area contributed by atoms with E-state index in [4.69, 9.17) is 9.47 Å². The van der Waals surface area contributed by atoms with Crippen LogP contribution in [0.4, 0.5) is 0 Å². The van der Waals surface area contributed by atoms with Gasteiger partial charge in [0.05, 0.1) is 6.61 Å². The van der Waals surface area contributed by atoms with Crippen LogP contribution in [-0.2, 0) is 4.74 Å². The average molecular weight is 192 g/mol. The first kappa shape index (κ1) is 9.53. The van der Waals surface area contributed by atoms with E-state index in [9.17, 15) is 0 Å². The lowest BCUT2D eigenvalue weighted by molar-refractivity contribution is 0.146. The topological polar surface area (TPSA) is 18.5 Å². The molecule has 0 amide bonds. The maximum absolute atomic E-state index is 5.48. The Morgan fingerprint density at radius 1 is 1.14 bits per heavy atom. The number of hydrogen-bond donors (Lipinski definition) is 0. The van der Waals surface area contributed by atoms with E-state index >= 15 is 0 Å². The summed E-state index contributed by atoms with van der Waals surface area (Å²) in [6, 6.07) is 8.42. The molecular formula is C12H16O2. The Morgan fingerprint density at radius 3 is 2.43 bits per heavy atom. The molecule has 0 unspecified atom stereocenters. The van der Waals surface area contributed by atoms with Crippen LogP contribution in [0.2, 0.25) is 0 Å². The van der Waals surface area contributed by atoms with Crippen molar-refractivity contribution >= 4 is 0 Å². The van der Waals surface area contributed by atoms with Gasteiger partial charge in [0, 0.05) is 7.11 Å². The third-order valence-electron chi connectivity index (χ3n) is 2.49. The summed E-state index contributed by atoms with van der Waals surface area (Å²) in [5, 5.41) is 0. The highest BCUT2D eigenvalue weighted by Crippen LogP contribution is 2.40. The molecule has 0 radical (unpaired) electrons. The fourth-order valence-electron chi connectivity index (χ4n) is 1.50. The molecule has 0 bridgehead atoms. The second-order valence-corrected chi connectivity index (χ2v) is 3.68. The maximum Gasteiger partial charge on any atom is 0.119 e. The summed E-state index contributed by atoms with van der Waals surface area (Å²) in [4.78, 5) is 0. The fourth-order valence-corrected chi connectivity index (χ4v) is 1.50. The third-order valence-corrected chi connectivity index (χ3v) is 2.49. The van der Waals surface area contributed by atoms with E-state index in [1.54, 1.807) is 7.11 Å². The Hall–Kier alpha value is -1.02. The van der Waals surface area contributed by atoms with Crippen LogP contribution in [0.15, 0.2) is 24.3 Å². The highest BCUT2D eigenvalue weighted by Gasteiger charge is 2.22. The second-order valence-electron chi connectivity index (χ2n) is 3.68. The minimum absolute atomic E-state index is 0.624. The van der Waals surface area contributed by atoms with E-state index in [2.05, 4.69) is 12.1 Å². The molecule has 0 aliphatic heterocycles. The summed E-state index contributed by atoms with van der Waals surface area (Å²) < 4.78 is 10.4.